The van der Waals surface area contributed by atoms with Crippen molar-refractivity contribution in [3.05, 3.63) is 33.8 Å². The van der Waals surface area contributed by atoms with Gasteiger partial charge in [0.1, 0.15) is 5.60 Å². The van der Waals surface area contributed by atoms with Crippen LogP contribution in [0.5, 0.6) is 0 Å². The third-order valence-electron chi connectivity index (χ3n) is 2.50. The number of hydrogen-bond donors (Lipinski definition) is 3. The fourth-order valence-corrected chi connectivity index (χ4v) is 1.73. The summed E-state index contributed by atoms with van der Waals surface area (Å²) in [6.45, 7) is 0.259. The number of carbonyl (C=O) groups is 1. The van der Waals surface area contributed by atoms with Crippen LogP contribution in [0, 0.1) is 0 Å². The summed E-state index contributed by atoms with van der Waals surface area (Å²) < 4.78 is 38.7. The highest BCUT2D eigenvalue weighted by atomic mass is 79.9. The maximum atomic E-state index is 12.8. The molecule has 0 heterocycles. The van der Waals surface area contributed by atoms with Gasteiger partial charge in [-0.3, -0.25) is 4.79 Å². The third kappa shape index (κ3) is 4.46. The molecular formula is C12H13BrF3NO3. The lowest BCUT2D eigenvalue weighted by Crippen LogP contribution is -2.43. The van der Waals surface area contributed by atoms with E-state index < -0.39 is 35.4 Å². The zero-order valence-corrected chi connectivity index (χ0v) is 12.0. The smallest absolute Gasteiger partial charge is 0.393 e. The zero-order chi connectivity index (χ0) is 15.6. The standard InChI is InChI=1S/C12H13BrF3NO3/c1-11(20,6-18)5-17-10(19)8-3-2-7(13)4-9(8)12(14,15)16/h2-4,18,20H,5-6H2,1H3,(H,17,19). The topological polar surface area (TPSA) is 69.6 Å². The quantitative estimate of drug-likeness (QED) is 0.772. The Morgan fingerprint density at radius 3 is 2.50 bits per heavy atom. The normalized spacial score (nSPS) is 14.8. The minimum absolute atomic E-state index is 0.198. The molecular weight excluding hydrogens is 343 g/mol. The Kier molecular flexibility index (Phi) is 5.17. The maximum Gasteiger partial charge on any atom is 0.417 e. The van der Waals surface area contributed by atoms with Gasteiger partial charge in [-0.1, -0.05) is 15.9 Å². The highest BCUT2D eigenvalue weighted by molar-refractivity contribution is 9.10. The Balaban J connectivity index is 2.99. The summed E-state index contributed by atoms with van der Waals surface area (Å²) in [6.07, 6.45) is -4.67. The van der Waals surface area contributed by atoms with Crippen LogP contribution in [0.2, 0.25) is 0 Å². The number of aliphatic hydroxyl groups excluding tert-OH is 1. The van der Waals surface area contributed by atoms with E-state index in [2.05, 4.69) is 21.2 Å². The Bertz CT molecular complexity index is 503. The second-order valence-electron chi connectivity index (χ2n) is 4.53. The minimum Gasteiger partial charge on any atom is -0.393 e. The van der Waals surface area contributed by atoms with Gasteiger partial charge in [-0.15, -0.1) is 0 Å². The van der Waals surface area contributed by atoms with Crippen molar-refractivity contribution in [3.63, 3.8) is 0 Å². The summed E-state index contributed by atoms with van der Waals surface area (Å²) in [5.74, 6) is -0.974. The first kappa shape index (κ1) is 16.9. The van der Waals surface area contributed by atoms with Crippen molar-refractivity contribution in [2.45, 2.75) is 18.7 Å². The van der Waals surface area contributed by atoms with Gasteiger partial charge in [0, 0.05) is 11.0 Å². The molecule has 1 aromatic carbocycles. The number of hydrogen-bond acceptors (Lipinski definition) is 3. The molecule has 1 amide bonds. The Morgan fingerprint density at radius 1 is 1.40 bits per heavy atom. The number of rotatable bonds is 4. The first-order valence-corrected chi connectivity index (χ1v) is 6.34. The van der Waals surface area contributed by atoms with Crippen molar-refractivity contribution in [3.8, 4) is 0 Å². The van der Waals surface area contributed by atoms with Gasteiger partial charge < -0.3 is 15.5 Å². The van der Waals surface area contributed by atoms with Gasteiger partial charge >= 0.3 is 6.18 Å². The summed E-state index contributed by atoms with van der Waals surface area (Å²) >= 11 is 2.92. The summed E-state index contributed by atoms with van der Waals surface area (Å²) in [5.41, 5.74) is -3.22. The van der Waals surface area contributed by atoms with E-state index >= 15 is 0 Å². The number of alkyl halides is 3. The average Bonchev–Trinajstić information content (AvgIpc) is 2.35. The molecule has 0 spiro atoms. The van der Waals surface area contributed by atoms with Crippen LogP contribution in [0.4, 0.5) is 13.2 Å². The highest BCUT2D eigenvalue weighted by Crippen LogP contribution is 2.33. The molecule has 0 saturated heterocycles. The van der Waals surface area contributed by atoms with E-state index in [0.29, 0.717) is 0 Å². The molecule has 0 aliphatic carbocycles. The predicted molar refractivity (Wildman–Crippen MR) is 69.2 cm³/mol. The van der Waals surface area contributed by atoms with Gasteiger partial charge in [-0.05, 0) is 25.1 Å². The highest BCUT2D eigenvalue weighted by Gasteiger charge is 2.35. The number of halogens is 4. The van der Waals surface area contributed by atoms with E-state index in [1.54, 1.807) is 0 Å². The molecule has 1 rings (SSSR count). The molecule has 3 N–H and O–H groups in total. The van der Waals surface area contributed by atoms with Gasteiger partial charge in [0.2, 0.25) is 0 Å². The van der Waals surface area contributed by atoms with Crippen LogP contribution >= 0.6 is 15.9 Å². The summed E-state index contributed by atoms with van der Waals surface area (Å²) in [7, 11) is 0. The van der Waals surface area contributed by atoms with Crippen LogP contribution in [0.15, 0.2) is 22.7 Å². The molecule has 0 aromatic heterocycles. The van der Waals surface area contributed by atoms with E-state index in [0.717, 1.165) is 12.1 Å². The average molecular weight is 356 g/mol. The molecule has 0 radical (unpaired) electrons. The summed E-state index contributed by atoms with van der Waals surface area (Å²) in [6, 6.07) is 3.16. The predicted octanol–water partition coefficient (Wildman–Crippen LogP) is 1.94. The first-order valence-electron chi connectivity index (χ1n) is 5.55. The molecule has 1 aromatic rings. The second-order valence-corrected chi connectivity index (χ2v) is 5.44. The Hall–Kier alpha value is -1.12. The van der Waals surface area contributed by atoms with Crippen molar-refractivity contribution in [1.82, 2.24) is 5.32 Å². The fourth-order valence-electron chi connectivity index (χ4n) is 1.37. The molecule has 0 saturated carbocycles. The second kappa shape index (κ2) is 6.11. The van der Waals surface area contributed by atoms with Crippen LogP contribution in [0.3, 0.4) is 0 Å². The lowest BCUT2D eigenvalue weighted by atomic mass is 10.1. The Labute approximate surface area is 121 Å². The SMILES string of the molecule is CC(O)(CO)CNC(=O)c1ccc(Br)cc1C(F)(F)F. The lowest BCUT2D eigenvalue weighted by Gasteiger charge is -2.21. The number of aliphatic hydroxyl groups is 2. The molecule has 0 aliphatic rings. The molecule has 8 heteroatoms. The maximum absolute atomic E-state index is 12.8. The van der Waals surface area contributed by atoms with Crippen molar-refractivity contribution >= 4 is 21.8 Å². The van der Waals surface area contributed by atoms with E-state index in [-0.39, 0.29) is 11.0 Å². The summed E-state index contributed by atoms with van der Waals surface area (Å²) in [5, 5.41) is 20.5. The fraction of sp³-hybridized carbons (Fsp3) is 0.417. The van der Waals surface area contributed by atoms with E-state index in [9.17, 15) is 23.1 Å². The molecule has 0 fully saturated rings. The molecule has 112 valence electrons. The molecule has 1 unspecified atom stereocenters. The molecule has 20 heavy (non-hydrogen) atoms. The number of carbonyl (C=O) groups excluding carboxylic acids is 1. The van der Waals surface area contributed by atoms with Crippen molar-refractivity contribution in [1.29, 1.82) is 0 Å². The van der Waals surface area contributed by atoms with Gasteiger partial charge in [-0.2, -0.15) is 13.2 Å². The van der Waals surface area contributed by atoms with Gasteiger partial charge in [0.25, 0.3) is 5.91 Å². The largest absolute Gasteiger partial charge is 0.417 e. The molecule has 0 bridgehead atoms. The number of amides is 1. The third-order valence-corrected chi connectivity index (χ3v) is 3.00. The van der Waals surface area contributed by atoms with Crippen LogP contribution in [0.1, 0.15) is 22.8 Å². The van der Waals surface area contributed by atoms with Crippen LogP contribution in [-0.4, -0.2) is 34.9 Å². The van der Waals surface area contributed by atoms with Crippen LogP contribution in [-0.2, 0) is 6.18 Å². The zero-order valence-electron chi connectivity index (χ0n) is 10.5. The summed E-state index contributed by atoms with van der Waals surface area (Å²) in [4.78, 5) is 11.8. The van der Waals surface area contributed by atoms with Crippen LogP contribution in [0.25, 0.3) is 0 Å². The van der Waals surface area contributed by atoms with Crippen molar-refractivity contribution in [2.75, 3.05) is 13.2 Å². The van der Waals surface area contributed by atoms with E-state index in [1.807, 2.05) is 0 Å². The molecule has 0 aliphatic heterocycles. The van der Waals surface area contributed by atoms with Crippen molar-refractivity contribution in [2.24, 2.45) is 0 Å². The molecule has 1 atom stereocenters. The van der Waals surface area contributed by atoms with Gasteiger partial charge in [0.15, 0.2) is 0 Å². The number of benzene rings is 1. The lowest BCUT2D eigenvalue weighted by molar-refractivity contribution is -0.138. The van der Waals surface area contributed by atoms with Crippen molar-refractivity contribution < 1.29 is 28.2 Å². The van der Waals surface area contributed by atoms with E-state index in [1.165, 1.54) is 13.0 Å². The minimum atomic E-state index is -4.67. The van der Waals surface area contributed by atoms with Gasteiger partial charge in [0.05, 0.1) is 17.7 Å². The Morgan fingerprint density at radius 2 is 2.00 bits per heavy atom. The first-order chi connectivity index (χ1) is 9.07. The number of nitrogens with one attached hydrogen (secondary N) is 1. The monoisotopic (exact) mass is 355 g/mol. The van der Waals surface area contributed by atoms with Crippen LogP contribution < -0.4 is 5.32 Å². The molecule has 4 nitrogen and oxygen atoms in total. The van der Waals surface area contributed by atoms with Gasteiger partial charge in [-0.25, -0.2) is 0 Å². The van der Waals surface area contributed by atoms with E-state index in [4.69, 9.17) is 5.11 Å².